The van der Waals surface area contributed by atoms with Gasteiger partial charge in [-0.25, -0.2) is 4.98 Å². The molecule has 2 heterocycles. The van der Waals surface area contributed by atoms with E-state index in [9.17, 15) is 0 Å². The lowest BCUT2D eigenvalue weighted by Crippen LogP contribution is -2.15. The predicted molar refractivity (Wildman–Crippen MR) is 74.7 cm³/mol. The molecule has 0 spiro atoms. The first-order chi connectivity index (χ1) is 8.65. The van der Waals surface area contributed by atoms with Crippen LogP contribution in [-0.4, -0.2) is 9.97 Å². The molecular formula is C14H17N3S. The van der Waals surface area contributed by atoms with Crippen LogP contribution in [0.25, 0.3) is 10.7 Å². The molecule has 1 atom stereocenters. The number of thiazole rings is 1. The molecule has 0 radical (unpaired) electrons. The van der Waals surface area contributed by atoms with E-state index in [-0.39, 0.29) is 6.04 Å². The number of hydrogen-bond acceptors (Lipinski definition) is 4. The van der Waals surface area contributed by atoms with Gasteiger partial charge in [0.2, 0.25) is 0 Å². The number of nitrogens with zero attached hydrogens (tertiary/aromatic N) is 2. The molecule has 1 aliphatic rings. The van der Waals surface area contributed by atoms with E-state index in [0.29, 0.717) is 0 Å². The third-order valence-electron chi connectivity index (χ3n) is 3.41. The molecule has 0 fully saturated rings. The molecular weight excluding hydrogens is 242 g/mol. The van der Waals surface area contributed by atoms with E-state index in [1.54, 1.807) is 11.3 Å². The van der Waals surface area contributed by atoms with Crippen LogP contribution in [0.1, 0.15) is 40.6 Å². The van der Waals surface area contributed by atoms with Gasteiger partial charge in [-0.2, -0.15) is 0 Å². The van der Waals surface area contributed by atoms with Gasteiger partial charge in [0.15, 0.2) is 0 Å². The molecule has 3 nitrogen and oxygen atoms in total. The normalized spacial score (nSPS) is 18.7. The Bertz CT molecular complexity index is 589. The maximum atomic E-state index is 6.15. The SMILES string of the molecule is Cc1cnc(-c2nc3c(s2)C(N)CCC3)c(C)c1. The Kier molecular flexibility index (Phi) is 2.92. The lowest BCUT2D eigenvalue weighted by molar-refractivity contribution is 0.573. The van der Waals surface area contributed by atoms with Crippen molar-refractivity contribution in [2.24, 2.45) is 5.73 Å². The largest absolute Gasteiger partial charge is 0.323 e. The summed E-state index contributed by atoms with van der Waals surface area (Å²) in [6, 6.07) is 2.33. The molecule has 1 unspecified atom stereocenters. The van der Waals surface area contributed by atoms with Crippen molar-refractivity contribution in [2.45, 2.75) is 39.2 Å². The number of aromatic nitrogens is 2. The number of aryl methyl sites for hydroxylation is 3. The molecule has 3 rings (SSSR count). The number of fused-ring (bicyclic) bond motifs is 1. The van der Waals surface area contributed by atoms with Gasteiger partial charge in [-0.15, -0.1) is 11.3 Å². The Balaban J connectivity index is 2.07. The fraction of sp³-hybridized carbons (Fsp3) is 0.429. The van der Waals surface area contributed by atoms with Gasteiger partial charge < -0.3 is 5.73 Å². The van der Waals surface area contributed by atoms with E-state index < -0.39 is 0 Å². The summed E-state index contributed by atoms with van der Waals surface area (Å²) >= 11 is 1.72. The Labute approximate surface area is 111 Å². The highest BCUT2D eigenvalue weighted by atomic mass is 32.1. The van der Waals surface area contributed by atoms with E-state index in [1.165, 1.54) is 21.7 Å². The standard InChI is InChI=1S/C14H17N3S/c1-8-6-9(2)12(16-7-8)14-17-11-5-3-4-10(15)13(11)18-14/h6-7,10H,3-5,15H2,1-2H3. The Morgan fingerprint density at radius 2 is 2.22 bits per heavy atom. The molecule has 94 valence electrons. The van der Waals surface area contributed by atoms with Gasteiger partial charge in [0.25, 0.3) is 0 Å². The fourth-order valence-electron chi connectivity index (χ4n) is 2.49. The summed E-state index contributed by atoms with van der Waals surface area (Å²) in [5, 5.41) is 1.02. The van der Waals surface area contributed by atoms with Crippen LogP contribution in [0.5, 0.6) is 0 Å². The summed E-state index contributed by atoms with van der Waals surface area (Å²) in [5.41, 5.74) is 10.7. The average molecular weight is 259 g/mol. The van der Waals surface area contributed by atoms with Crippen molar-refractivity contribution in [3.05, 3.63) is 34.0 Å². The minimum absolute atomic E-state index is 0.172. The average Bonchev–Trinajstić information content (AvgIpc) is 2.74. The summed E-state index contributed by atoms with van der Waals surface area (Å²) in [6.45, 7) is 4.15. The van der Waals surface area contributed by atoms with Gasteiger partial charge in [0.05, 0.1) is 5.69 Å². The summed E-state index contributed by atoms with van der Waals surface area (Å²) < 4.78 is 0. The molecule has 2 aromatic rings. The maximum Gasteiger partial charge on any atom is 0.142 e. The van der Waals surface area contributed by atoms with Gasteiger partial charge in [-0.1, -0.05) is 6.07 Å². The smallest absolute Gasteiger partial charge is 0.142 e. The van der Waals surface area contributed by atoms with Crippen molar-refractivity contribution in [3.8, 4) is 10.7 Å². The molecule has 0 amide bonds. The highest BCUT2D eigenvalue weighted by molar-refractivity contribution is 7.15. The van der Waals surface area contributed by atoms with Gasteiger partial charge in [-0.05, 0) is 44.2 Å². The molecule has 0 aromatic carbocycles. The van der Waals surface area contributed by atoms with E-state index in [1.807, 2.05) is 6.20 Å². The molecule has 0 bridgehead atoms. The van der Waals surface area contributed by atoms with Crippen molar-refractivity contribution in [3.63, 3.8) is 0 Å². The van der Waals surface area contributed by atoms with Crippen molar-refractivity contribution < 1.29 is 0 Å². The number of nitrogens with two attached hydrogens (primary N) is 1. The first-order valence-electron chi connectivity index (χ1n) is 6.34. The van der Waals surface area contributed by atoms with Crippen LogP contribution in [0.2, 0.25) is 0 Å². The number of hydrogen-bond donors (Lipinski definition) is 1. The van der Waals surface area contributed by atoms with Crippen LogP contribution in [0, 0.1) is 13.8 Å². The van der Waals surface area contributed by atoms with Crippen molar-refractivity contribution in [2.75, 3.05) is 0 Å². The molecule has 2 N–H and O–H groups in total. The third kappa shape index (κ3) is 1.95. The lowest BCUT2D eigenvalue weighted by Gasteiger charge is -2.15. The van der Waals surface area contributed by atoms with E-state index >= 15 is 0 Å². The molecule has 4 heteroatoms. The highest BCUT2D eigenvalue weighted by Crippen LogP contribution is 2.36. The highest BCUT2D eigenvalue weighted by Gasteiger charge is 2.22. The van der Waals surface area contributed by atoms with Crippen LogP contribution in [0.3, 0.4) is 0 Å². The van der Waals surface area contributed by atoms with Crippen molar-refractivity contribution >= 4 is 11.3 Å². The monoisotopic (exact) mass is 259 g/mol. The number of rotatable bonds is 1. The molecule has 0 aliphatic heterocycles. The Morgan fingerprint density at radius 1 is 1.39 bits per heavy atom. The van der Waals surface area contributed by atoms with Gasteiger partial charge in [-0.3, -0.25) is 4.98 Å². The minimum atomic E-state index is 0.172. The van der Waals surface area contributed by atoms with Gasteiger partial charge in [0, 0.05) is 17.1 Å². The van der Waals surface area contributed by atoms with Crippen LogP contribution in [0.4, 0.5) is 0 Å². The summed E-state index contributed by atoms with van der Waals surface area (Å²) in [7, 11) is 0. The summed E-state index contributed by atoms with van der Waals surface area (Å²) in [6.07, 6.45) is 5.19. The molecule has 0 saturated heterocycles. The molecule has 2 aromatic heterocycles. The van der Waals surface area contributed by atoms with Crippen LogP contribution in [0.15, 0.2) is 12.3 Å². The zero-order valence-electron chi connectivity index (χ0n) is 10.7. The summed E-state index contributed by atoms with van der Waals surface area (Å²) in [5.74, 6) is 0. The minimum Gasteiger partial charge on any atom is -0.323 e. The number of pyridine rings is 1. The van der Waals surface area contributed by atoms with Crippen LogP contribution < -0.4 is 5.73 Å². The Hall–Kier alpha value is -1.26. The topological polar surface area (TPSA) is 51.8 Å². The fourth-order valence-corrected chi connectivity index (χ4v) is 3.70. The van der Waals surface area contributed by atoms with Gasteiger partial charge >= 0.3 is 0 Å². The maximum absolute atomic E-state index is 6.15. The van der Waals surface area contributed by atoms with Crippen molar-refractivity contribution in [1.29, 1.82) is 0 Å². The Morgan fingerprint density at radius 3 is 2.94 bits per heavy atom. The predicted octanol–water partition coefficient (Wildman–Crippen LogP) is 3.16. The van der Waals surface area contributed by atoms with E-state index in [2.05, 4.69) is 24.9 Å². The second-order valence-electron chi connectivity index (χ2n) is 5.01. The third-order valence-corrected chi connectivity index (χ3v) is 4.65. The molecule has 18 heavy (non-hydrogen) atoms. The zero-order valence-corrected chi connectivity index (χ0v) is 11.5. The first kappa shape index (κ1) is 11.8. The second-order valence-corrected chi connectivity index (χ2v) is 6.04. The molecule has 0 saturated carbocycles. The zero-order chi connectivity index (χ0) is 12.7. The quantitative estimate of drug-likeness (QED) is 0.856. The molecule has 1 aliphatic carbocycles. The lowest BCUT2D eigenvalue weighted by atomic mass is 9.99. The first-order valence-corrected chi connectivity index (χ1v) is 7.15. The van der Waals surface area contributed by atoms with Crippen LogP contribution >= 0.6 is 11.3 Å². The van der Waals surface area contributed by atoms with Crippen molar-refractivity contribution in [1.82, 2.24) is 9.97 Å². The van der Waals surface area contributed by atoms with E-state index in [0.717, 1.165) is 30.0 Å². The summed E-state index contributed by atoms with van der Waals surface area (Å²) in [4.78, 5) is 10.5. The van der Waals surface area contributed by atoms with E-state index in [4.69, 9.17) is 10.7 Å². The van der Waals surface area contributed by atoms with Crippen LogP contribution in [-0.2, 0) is 6.42 Å². The van der Waals surface area contributed by atoms with Gasteiger partial charge in [0.1, 0.15) is 10.7 Å². The second kappa shape index (κ2) is 4.44.